The number of anilines is 1. The fraction of sp³-hybridized carbons (Fsp3) is 0.579. The Hall–Kier alpha value is -2.44. The molecule has 0 saturated carbocycles. The molecule has 0 aromatic carbocycles. The second-order valence-electron chi connectivity index (χ2n) is 6.79. The van der Waals surface area contributed by atoms with Crippen LogP contribution >= 0.6 is 0 Å². The summed E-state index contributed by atoms with van der Waals surface area (Å²) in [6.07, 6.45) is 11.7. The molecule has 1 saturated heterocycles. The van der Waals surface area contributed by atoms with Crippen LogP contribution in [0.4, 0.5) is 5.82 Å². The van der Waals surface area contributed by atoms with Crippen LogP contribution in [0.5, 0.6) is 0 Å². The number of likely N-dealkylation sites (tertiary alicyclic amines) is 1. The topological polar surface area (TPSA) is 75.9 Å². The van der Waals surface area contributed by atoms with Gasteiger partial charge in [0.25, 0.3) is 0 Å². The molecule has 1 atom stereocenters. The van der Waals surface area contributed by atoms with Crippen LogP contribution in [-0.4, -0.2) is 50.5 Å². The first-order chi connectivity index (χ1) is 12.7. The largest absolute Gasteiger partial charge is 0.372 e. The lowest BCUT2D eigenvalue weighted by Crippen LogP contribution is -2.41. The van der Waals surface area contributed by atoms with Crippen LogP contribution in [0.2, 0.25) is 0 Å². The number of piperidine rings is 1. The third-order valence-electron chi connectivity index (χ3n) is 5.05. The van der Waals surface area contributed by atoms with Gasteiger partial charge in [-0.1, -0.05) is 6.92 Å². The van der Waals surface area contributed by atoms with Gasteiger partial charge < -0.3 is 14.8 Å². The van der Waals surface area contributed by atoms with E-state index in [1.54, 1.807) is 18.6 Å². The average molecular weight is 356 g/mol. The standard InChI is InChI=1S/C19H28N6O/c1-3-17-22-9-12-24(17)11-6-18(26)25-10-4-5-15(14-25)13-16-19(20-2)23-8-7-21-16/h7-9,12,15H,3-6,10-11,13-14H2,1-2H3,(H,20,23)/t15-/m1/s1. The number of rotatable bonds is 7. The number of hydrogen-bond acceptors (Lipinski definition) is 5. The van der Waals surface area contributed by atoms with E-state index >= 15 is 0 Å². The van der Waals surface area contributed by atoms with Gasteiger partial charge in [0.2, 0.25) is 5.91 Å². The molecule has 7 heteroatoms. The third kappa shape index (κ3) is 4.39. The van der Waals surface area contributed by atoms with Crippen LogP contribution in [0.3, 0.4) is 0 Å². The number of carbonyl (C=O) groups is 1. The van der Waals surface area contributed by atoms with E-state index < -0.39 is 0 Å². The molecule has 3 heterocycles. The molecule has 0 bridgehead atoms. The number of imidazole rings is 1. The Morgan fingerprint density at radius 2 is 2.12 bits per heavy atom. The molecule has 2 aromatic heterocycles. The Balaban J connectivity index is 1.55. The van der Waals surface area contributed by atoms with Crippen molar-refractivity contribution in [2.45, 2.75) is 45.6 Å². The molecule has 1 aliphatic rings. The first kappa shape index (κ1) is 18.4. The monoisotopic (exact) mass is 356 g/mol. The summed E-state index contributed by atoms with van der Waals surface area (Å²) in [5, 5.41) is 3.10. The zero-order chi connectivity index (χ0) is 18.4. The van der Waals surface area contributed by atoms with Crippen molar-refractivity contribution in [3.05, 3.63) is 36.3 Å². The Labute approximate surface area is 154 Å². The van der Waals surface area contributed by atoms with Crippen molar-refractivity contribution in [1.82, 2.24) is 24.4 Å². The van der Waals surface area contributed by atoms with Gasteiger partial charge in [0.05, 0.1) is 5.69 Å². The molecule has 3 rings (SSSR count). The van der Waals surface area contributed by atoms with Crippen LogP contribution in [0.1, 0.15) is 37.7 Å². The summed E-state index contributed by atoms with van der Waals surface area (Å²) in [4.78, 5) is 27.8. The van der Waals surface area contributed by atoms with Gasteiger partial charge in [-0.2, -0.15) is 0 Å². The van der Waals surface area contributed by atoms with E-state index in [-0.39, 0.29) is 5.91 Å². The average Bonchev–Trinajstić information content (AvgIpc) is 3.14. The fourth-order valence-electron chi connectivity index (χ4n) is 3.69. The van der Waals surface area contributed by atoms with Gasteiger partial charge in [-0.25, -0.2) is 9.97 Å². The molecule has 1 fully saturated rings. The highest BCUT2D eigenvalue weighted by molar-refractivity contribution is 5.76. The quantitative estimate of drug-likeness (QED) is 0.823. The van der Waals surface area contributed by atoms with Crippen molar-refractivity contribution in [3.8, 4) is 0 Å². The van der Waals surface area contributed by atoms with Gasteiger partial charge in [-0.15, -0.1) is 0 Å². The van der Waals surface area contributed by atoms with Crippen LogP contribution < -0.4 is 5.32 Å². The summed E-state index contributed by atoms with van der Waals surface area (Å²) in [6, 6.07) is 0. The van der Waals surface area contributed by atoms with E-state index in [0.717, 1.165) is 56.1 Å². The molecule has 0 radical (unpaired) electrons. The van der Waals surface area contributed by atoms with Gasteiger partial charge in [0.15, 0.2) is 0 Å². The maximum absolute atomic E-state index is 12.7. The second kappa shape index (κ2) is 8.78. The molecular weight excluding hydrogens is 328 g/mol. The molecule has 2 aromatic rings. The maximum atomic E-state index is 12.7. The molecule has 1 aliphatic heterocycles. The van der Waals surface area contributed by atoms with Crippen molar-refractivity contribution in [3.63, 3.8) is 0 Å². The van der Waals surface area contributed by atoms with E-state index in [1.807, 2.05) is 18.1 Å². The Kier molecular flexibility index (Phi) is 6.20. The molecule has 0 unspecified atom stereocenters. The van der Waals surface area contributed by atoms with Gasteiger partial charge in [0.1, 0.15) is 11.6 Å². The summed E-state index contributed by atoms with van der Waals surface area (Å²) >= 11 is 0. The number of hydrogen-bond donors (Lipinski definition) is 1. The summed E-state index contributed by atoms with van der Waals surface area (Å²) in [6.45, 7) is 4.46. The van der Waals surface area contributed by atoms with Crippen molar-refractivity contribution in [2.75, 3.05) is 25.5 Å². The number of amides is 1. The SMILES string of the molecule is CCc1nccn1CCC(=O)N1CCC[C@H](Cc2nccnc2NC)C1. The van der Waals surface area contributed by atoms with E-state index in [0.29, 0.717) is 18.9 Å². The lowest BCUT2D eigenvalue weighted by atomic mass is 9.93. The maximum Gasteiger partial charge on any atom is 0.224 e. The summed E-state index contributed by atoms with van der Waals surface area (Å²) in [5.41, 5.74) is 0.986. The minimum absolute atomic E-state index is 0.235. The Morgan fingerprint density at radius 1 is 1.27 bits per heavy atom. The van der Waals surface area contributed by atoms with Crippen LogP contribution in [0.25, 0.3) is 0 Å². The second-order valence-corrected chi connectivity index (χ2v) is 6.79. The molecule has 0 spiro atoms. The highest BCUT2D eigenvalue weighted by Gasteiger charge is 2.24. The Bertz CT molecular complexity index is 728. The van der Waals surface area contributed by atoms with Crippen LogP contribution in [-0.2, 0) is 24.2 Å². The van der Waals surface area contributed by atoms with Gasteiger partial charge >= 0.3 is 0 Å². The first-order valence-electron chi connectivity index (χ1n) is 9.46. The van der Waals surface area contributed by atoms with Crippen LogP contribution in [0.15, 0.2) is 24.8 Å². The molecule has 26 heavy (non-hydrogen) atoms. The van der Waals surface area contributed by atoms with Gasteiger partial charge in [0, 0.05) is 64.3 Å². The third-order valence-corrected chi connectivity index (χ3v) is 5.05. The fourth-order valence-corrected chi connectivity index (χ4v) is 3.69. The number of nitrogens with one attached hydrogen (secondary N) is 1. The van der Waals surface area contributed by atoms with E-state index in [4.69, 9.17) is 0 Å². The lowest BCUT2D eigenvalue weighted by molar-refractivity contribution is -0.133. The van der Waals surface area contributed by atoms with E-state index in [1.165, 1.54) is 0 Å². The smallest absolute Gasteiger partial charge is 0.224 e. The van der Waals surface area contributed by atoms with E-state index in [9.17, 15) is 4.79 Å². The highest BCUT2D eigenvalue weighted by atomic mass is 16.2. The summed E-state index contributed by atoms with van der Waals surface area (Å²) in [7, 11) is 1.87. The minimum atomic E-state index is 0.235. The molecule has 0 aliphatic carbocycles. The normalized spacial score (nSPS) is 17.3. The van der Waals surface area contributed by atoms with Crippen molar-refractivity contribution >= 4 is 11.7 Å². The molecule has 1 N–H and O–H groups in total. The van der Waals surface area contributed by atoms with Crippen molar-refractivity contribution in [1.29, 1.82) is 0 Å². The zero-order valence-electron chi connectivity index (χ0n) is 15.7. The summed E-state index contributed by atoms with van der Waals surface area (Å²) < 4.78 is 2.08. The number of aryl methyl sites for hydroxylation is 2. The van der Waals surface area contributed by atoms with E-state index in [2.05, 4.69) is 31.8 Å². The highest BCUT2D eigenvalue weighted by Crippen LogP contribution is 2.23. The number of nitrogens with zero attached hydrogens (tertiary/aromatic N) is 5. The van der Waals surface area contributed by atoms with Gasteiger partial charge in [-0.05, 0) is 25.2 Å². The molecular formula is C19H28N6O. The number of aromatic nitrogens is 4. The molecule has 140 valence electrons. The molecule has 7 nitrogen and oxygen atoms in total. The van der Waals surface area contributed by atoms with Gasteiger partial charge in [-0.3, -0.25) is 9.78 Å². The van der Waals surface area contributed by atoms with Crippen molar-refractivity contribution < 1.29 is 4.79 Å². The predicted molar refractivity (Wildman–Crippen MR) is 101 cm³/mol. The summed E-state index contributed by atoms with van der Waals surface area (Å²) in [5.74, 6) is 2.55. The predicted octanol–water partition coefficient (Wildman–Crippen LogP) is 2.15. The molecule has 1 amide bonds. The Morgan fingerprint density at radius 3 is 2.92 bits per heavy atom. The zero-order valence-corrected chi connectivity index (χ0v) is 15.7. The van der Waals surface area contributed by atoms with Crippen LogP contribution in [0, 0.1) is 5.92 Å². The minimum Gasteiger partial charge on any atom is -0.372 e. The first-order valence-corrected chi connectivity index (χ1v) is 9.46. The number of carbonyl (C=O) groups excluding carboxylic acids is 1. The van der Waals surface area contributed by atoms with Crippen molar-refractivity contribution in [2.24, 2.45) is 5.92 Å². The lowest BCUT2D eigenvalue weighted by Gasteiger charge is -2.33.